The molecule has 0 unspecified atom stereocenters. The summed E-state index contributed by atoms with van der Waals surface area (Å²) in [6.45, 7) is 1.56. The predicted molar refractivity (Wildman–Crippen MR) is 109 cm³/mol. The average Bonchev–Trinajstić information content (AvgIpc) is 3.31. The number of hydrogen-bond donors (Lipinski definition) is 1. The van der Waals surface area contributed by atoms with Gasteiger partial charge in [0.15, 0.2) is 6.61 Å². The van der Waals surface area contributed by atoms with Crippen LogP contribution in [-0.4, -0.2) is 25.6 Å². The first-order valence-electron chi connectivity index (χ1n) is 9.65. The summed E-state index contributed by atoms with van der Waals surface area (Å²) in [4.78, 5) is 24.4. The summed E-state index contributed by atoms with van der Waals surface area (Å²) in [7, 11) is 1.53. The minimum atomic E-state index is -0.473. The number of amides is 1. The number of ether oxygens (including phenoxy) is 2. The highest BCUT2D eigenvalue weighted by Crippen LogP contribution is 2.30. The molecular weight excluding hydrogens is 370 g/mol. The first-order chi connectivity index (χ1) is 14.0. The van der Waals surface area contributed by atoms with Gasteiger partial charge in [-0.25, -0.2) is 0 Å². The SMILES string of the molecule is COc1ccc(C)cc1NC(=O)COC(=O)Cc1coc2cc3c(cc12)CCC3. The van der Waals surface area contributed by atoms with Crippen LogP contribution in [0.2, 0.25) is 0 Å². The number of fused-ring (bicyclic) bond motifs is 2. The number of hydrogen-bond acceptors (Lipinski definition) is 5. The number of esters is 1. The summed E-state index contributed by atoms with van der Waals surface area (Å²) in [5.74, 6) is -0.343. The molecule has 1 aliphatic carbocycles. The molecule has 0 bridgehead atoms. The summed E-state index contributed by atoms with van der Waals surface area (Å²) < 4.78 is 16.0. The number of anilines is 1. The van der Waals surface area contributed by atoms with E-state index in [0.717, 1.165) is 41.4 Å². The Labute approximate surface area is 168 Å². The van der Waals surface area contributed by atoms with E-state index < -0.39 is 11.9 Å². The maximum Gasteiger partial charge on any atom is 0.310 e. The first-order valence-corrected chi connectivity index (χ1v) is 9.65. The molecule has 0 aliphatic heterocycles. The summed E-state index contributed by atoms with van der Waals surface area (Å²) in [5, 5.41) is 3.66. The van der Waals surface area contributed by atoms with E-state index in [0.29, 0.717) is 11.4 Å². The summed E-state index contributed by atoms with van der Waals surface area (Å²) in [5.41, 5.74) is 5.74. The monoisotopic (exact) mass is 393 g/mol. The van der Waals surface area contributed by atoms with Crippen molar-refractivity contribution in [1.29, 1.82) is 0 Å². The second-order valence-corrected chi connectivity index (χ2v) is 7.32. The average molecular weight is 393 g/mol. The van der Waals surface area contributed by atoms with Crippen molar-refractivity contribution in [2.75, 3.05) is 19.0 Å². The normalized spacial score (nSPS) is 12.6. The molecule has 1 heterocycles. The van der Waals surface area contributed by atoms with Gasteiger partial charge in [0.2, 0.25) is 0 Å². The van der Waals surface area contributed by atoms with Gasteiger partial charge < -0.3 is 19.2 Å². The van der Waals surface area contributed by atoms with Gasteiger partial charge in [-0.1, -0.05) is 6.07 Å². The number of rotatable bonds is 6. The molecule has 0 atom stereocenters. The van der Waals surface area contributed by atoms with Crippen LogP contribution in [0.15, 0.2) is 41.0 Å². The predicted octanol–water partition coefficient (Wildman–Crippen LogP) is 3.96. The minimum Gasteiger partial charge on any atom is -0.495 e. The van der Waals surface area contributed by atoms with Gasteiger partial charge in [-0.2, -0.15) is 0 Å². The molecule has 150 valence electrons. The Bertz CT molecular complexity index is 1080. The highest BCUT2D eigenvalue weighted by atomic mass is 16.5. The van der Waals surface area contributed by atoms with Crippen LogP contribution in [-0.2, 0) is 33.6 Å². The van der Waals surface area contributed by atoms with Crippen molar-refractivity contribution in [3.8, 4) is 5.75 Å². The molecule has 0 fully saturated rings. The van der Waals surface area contributed by atoms with E-state index in [9.17, 15) is 9.59 Å². The number of aryl methyl sites for hydroxylation is 3. The number of furan rings is 1. The maximum absolute atomic E-state index is 12.3. The van der Waals surface area contributed by atoms with Gasteiger partial charge in [0.25, 0.3) is 5.91 Å². The van der Waals surface area contributed by atoms with Crippen molar-refractivity contribution in [2.45, 2.75) is 32.6 Å². The van der Waals surface area contributed by atoms with Crippen LogP contribution in [0.5, 0.6) is 5.75 Å². The molecule has 0 saturated carbocycles. The fourth-order valence-corrected chi connectivity index (χ4v) is 3.74. The Balaban J connectivity index is 1.36. The van der Waals surface area contributed by atoms with Crippen LogP contribution in [0.1, 0.15) is 28.7 Å². The molecule has 1 aromatic heterocycles. The number of methoxy groups -OCH3 is 1. The van der Waals surface area contributed by atoms with Gasteiger partial charge in [0.1, 0.15) is 11.3 Å². The van der Waals surface area contributed by atoms with Crippen LogP contribution in [0.3, 0.4) is 0 Å². The van der Waals surface area contributed by atoms with Crippen molar-refractivity contribution in [3.05, 3.63) is 58.8 Å². The van der Waals surface area contributed by atoms with E-state index in [2.05, 4.69) is 17.4 Å². The zero-order valence-corrected chi connectivity index (χ0v) is 16.5. The summed E-state index contributed by atoms with van der Waals surface area (Å²) >= 11 is 0. The topological polar surface area (TPSA) is 77.8 Å². The standard InChI is InChI=1S/C23H23NO5/c1-14-6-7-20(27-2)19(8-14)24-22(25)13-29-23(26)11-17-12-28-21-10-16-5-3-4-15(16)9-18(17)21/h6-10,12H,3-5,11,13H2,1-2H3,(H,24,25). The number of carbonyl (C=O) groups is 2. The second-order valence-electron chi connectivity index (χ2n) is 7.32. The smallest absolute Gasteiger partial charge is 0.310 e. The van der Waals surface area contributed by atoms with E-state index in [4.69, 9.17) is 13.9 Å². The third-order valence-corrected chi connectivity index (χ3v) is 5.20. The lowest BCUT2D eigenvalue weighted by Gasteiger charge is -2.11. The lowest BCUT2D eigenvalue weighted by Crippen LogP contribution is -2.22. The molecule has 6 heteroatoms. The van der Waals surface area contributed by atoms with Gasteiger partial charge in [0.05, 0.1) is 25.5 Å². The first kappa shape index (κ1) is 19.1. The van der Waals surface area contributed by atoms with Gasteiger partial charge in [-0.3, -0.25) is 9.59 Å². The number of carbonyl (C=O) groups excluding carboxylic acids is 2. The van der Waals surface area contributed by atoms with E-state index in [1.54, 1.807) is 18.4 Å². The molecule has 29 heavy (non-hydrogen) atoms. The molecule has 3 aromatic rings. The molecule has 0 saturated heterocycles. The third-order valence-electron chi connectivity index (χ3n) is 5.20. The van der Waals surface area contributed by atoms with Gasteiger partial charge in [0, 0.05) is 10.9 Å². The van der Waals surface area contributed by atoms with Crippen LogP contribution in [0, 0.1) is 6.92 Å². The fraction of sp³-hybridized carbons (Fsp3) is 0.304. The molecule has 6 nitrogen and oxygen atoms in total. The molecule has 4 rings (SSSR count). The quantitative estimate of drug-likeness (QED) is 0.642. The molecule has 2 aromatic carbocycles. The minimum absolute atomic E-state index is 0.0623. The van der Waals surface area contributed by atoms with Crippen molar-refractivity contribution in [3.63, 3.8) is 0 Å². The Hall–Kier alpha value is -3.28. The van der Waals surface area contributed by atoms with Gasteiger partial charge >= 0.3 is 5.97 Å². The highest BCUT2D eigenvalue weighted by Gasteiger charge is 2.18. The highest BCUT2D eigenvalue weighted by molar-refractivity contribution is 5.94. The van der Waals surface area contributed by atoms with Crippen molar-refractivity contribution < 1.29 is 23.5 Å². The van der Waals surface area contributed by atoms with E-state index in [1.165, 1.54) is 18.2 Å². The Morgan fingerprint density at radius 1 is 1.14 bits per heavy atom. The Morgan fingerprint density at radius 2 is 1.93 bits per heavy atom. The largest absolute Gasteiger partial charge is 0.495 e. The fourth-order valence-electron chi connectivity index (χ4n) is 3.74. The number of nitrogens with one attached hydrogen (secondary N) is 1. The zero-order valence-electron chi connectivity index (χ0n) is 16.5. The second kappa shape index (κ2) is 7.99. The van der Waals surface area contributed by atoms with Gasteiger partial charge in [-0.05, 0) is 67.1 Å². The summed E-state index contributed by atoms with van der Waals surface area (Å²) in [6.07, 6.45) is 4.94. The van der Waals surface area contributed by atoms with Crippen LogP contribution in [0.4, 0.5) is 5.69 Å². The Morgan fingerprint density at radius 3 is 2.72 bits per heavy atom. The molecule has 1 aliphatic rings. The third kappa shape index (κ3) is 4.11. The van der Waals surface area contributed by atoms with Crippen molar-refractivity contribution in [1.82, 2.24) is 0 Å². The molecule has 1 N–H and O–H groups in total. The number of benzene rings is 2. The van der Waals surface area contributed by atoms with Crippen LogP contribution >= 0.6 is 0 Å². The lowest BCUT2D eigenvalue weighted by molar-refractivity contribution is -0.146. The molecular formula is C23H23NO5. The molecule has 1 amide bonds. The van der Waals surface area contributed by atoms with Crippen LogP contribution < -0.4 is 10.1 Å². The van der Waals surface area contributed by atoms with E-state index in [1.807, 2.05) is 13.0 Å². The zero-order chi connectivity index (χ0) is 20.4. The van der Waals surface area contributed by atoms with Crippen molar-refractivity contribution in [2.24, 2.45) is 0 Å². The van der Waals surface area contributed by atoms with E-state index >= 15 is 0 Å². The van der Waals surface area contributed by atoms with Crippen molar-refractivity contribution >= 4 is 28.5 Å². The van der Waals surface area contributed by atoms with E-state index in [-0.39, 0.29) is 13.0 Å². The summed E-state index contributed by atoms with van der Waals surface area (Å²) in [6, 6.07) is 9.64. The Kier molecular flexibility index (Phi) is 5.25. The lowest BCUT2D eigenvalue weighted by atomic mass is 10.0. The molecule has 0 spiro atoms. The maximum atomic E-state index is 12.3. The van der Waals surface area contributed by atoms with Gasteiger partial charge in [-0.15, -0.1) is 0 Å². The molecule has 0 radical (unpaired) electrons. The van der Waals surface area contributed by atoms with Crippen LogP contribution in [0.25, 0.3) is 11.0 Å².